The SMILES string of the molecule is CC1CCN(C(=O)c2ccc(O)cc2)CC1CN. The molecule has 0 radical (unpaired) electrons. The molecule has 1 aliphatic rings. The topological polar surface area (TPSA) is 66.6 Å². The van der Waals surface area contributed by atoms with E-state index < -0.39 is 0 Å². The van der Waals surface area contributed by atoms with E-state index >= 15 is 0 Å². The molecular weight excluding hydrogens is 228 g/mol. The third-order valence-electron chi connectivity index (χ3n) is 3.82. The van der Waals surface area contributed by atoms with Crippen LogP contribution in [-0.2, 0) is 0 Å². The molecule has 0 spiro atoms. The van der Waals surface area contributed by atoms with E-state index in [9.17, 15) is 9.90 Å². The molecule has 18 heavy (non-hydrogen) atoms. The van der Waals surface area contributed by atoms with Crippen LogP contribution in [0.4, 0.5) is 0 Å². The van der Waals surface area contributed by atoms with Gasteiger partial charge in [0.1, 0.15) is 5.75 Å². The highest BCUT2D eigenvalue weighted by molar-refractivity contribution is 5.94. The summed E-state index contributed by atoms with van der Waals surface area (Å²) in [4.78, 5) is 14.1. The number of carbonyl (C=O) groups is 1. The molecule has 0 aliphatic carbocycles. The molecule has 2 unspecified atom stereocenters. The summed E-state index contributed by atoms with van der Waals surface area (Å²) in [6, 6.07) is 6.40. The molecule has 0 aromatic heterocycles. The predicted molar refractivity (Wildman–Crippen MR) is 70.3 cm³/mol. The zero-order chi connectivity index (χ0) is 13.1. The summed E-state index contributed by atoms with van der Waals surface area (Å²) < 4.78 is 0. The number of phenols is 1. The number of nitrogens with two attached hydrogens (primary N) is 1. The summed E-state index contributed by atoms with van der Waals surface area (Å²) in [5, 5.41) is 9.22. The van der Waals surface area contributed by atoms with Gasteiger partial charge in [-0.2, -0.15) is 0 Å². The number of likely N-dealkylation sites (tertiary alicyclic amines) is 1. The average Bonchev–Trinajstić information content (AvgIpc) is 2.39. The summed E-state index contributed by atoms with van der Waals surface area (Å²) in [6.07, 6.45) is 1.01. The Bertz CT molecular complexity index is 416. The molecule has 1 heterocycles. The van der Waals surface area contributed by atoms with Crippen LogP contribution >= 0.6 is 0 Å². The first-order chi connectivity index (χ1) is 8.61. The Morgan fingerprint density at radius 1 is 1.44 bits per heavy atom. The first-order valence-electron chi connectivity index (χ1n) is 6.40. The molecule has 2 rings (SSSR count). The van der Waals surface area contributed by atoms with Crippen molar-refractivity contribution in [1.82, 2.24) is 4.90 Å². The number of piperidine rings is 1. The lowest BCUT2D eigenvalue weighted by molar-refractivity contribution is 0.0618. The van der Waals surface area contributed by atoms with Crippen molar-refractivity contribution in [3.05, 3.63) is 29.8 Å². The molecule has 1 amide bonds. The van der Waals surface area contributed by atoms with Crippen molar-refractivity contribution in [2.24, 2.45) is 17.6 Å². The number of phenolic OH excluding ortho intramolecular Hbond substituents is 1. The summed E-state index contributed by atoms with van der Waals surface area (Å²) in [7, 11) is 0. The molecule has 1 fully saturated rings. The van der Waals surface area contributed by atoms with Crippen molar-refractivity contribution in [3.8, 4) is 5.75 Å². The second-order valence-electron chi connectivity index (χ2n) is 5.06. The van der Waals surface area contributed by atoms with Crippen LogP contribution in [0, 0.1) is 11.8 Å². The van der Waals surface area contributed by atoms with Gasteiger partial charge in [-0.15, -0.1) is 0 Å². The highest BCUT2D eigenvalue weighted by Gasteiger charge is 2.28. The standard InChI is InChI=1S/C14H20N2O2/c1-10-6-7-16(9-12(10)8-15)14(18)11-2-4-13(17)5-3-11/h2-5,10,12,17H,6-9,15H2,1H3. The summed E-state index contributed by atoms with van der Waals surface area (Å²) in [6.45, 7) is 4.34. The lowest BCUT2D eigenvalue weighted by Crippen LogP contribution is -2.45. The molecule has 1 aliphatic heterocycles. The zero-order valence-corrected chi connectivity index (χ0v) is 10.7. The normalized spacial score (nSPS) is 24.0. The van der Waals surface area contributed by atoms with Crippen LogP contribution in [0.15, 0.2) is 24.3 Å². The van der Waals surface area contributed by atoms with Gasteiger partial charge in [-0.25, -0.2) is 0 Å². The first kappa shape index (κ1) is 12.9. The van der Waals surface area contributed by atoms with Crippen LogP contribution in [0.2, 0.25) is 0 Å². The maximum Gasteiger partial charge on any atom is 0.253 e. The number of hydrogen-bond donors (Lipinski definition) is 2. The minimum atomic E-state index is 0.0281. The third-order valence-corrected chi connectivity index (χ3v) is 3.82. The molecule has 98 valence electrons. The van der Waals surface area contributed by atoms with Gasteiger partial charge in [0.25, 0.3) is 5.91 Å². The number of carbonyl (C=O) groups excluding carboxylic acids is 1. The van der Waals surface area contributed by atoms with Gasteiger partial charge in [-0.3, -0.25) is 4.79 Å². The van der Waals surface area contributed by atoms with Crippen LogP contribution in [0.5, 0.6) is 5.75 Å². The van der Waals surface area contributed by atoms with Crippen molar-refractivity contribution < 1.29 is 9.90 Å². The fourth-order valence-electron chi connectivity index (χ4n) is 2.43. The van der Waals surface area contributed by atoms with Crippen LogP contribution < -0.4 is 5.73 Å². The first-order valence-corrected chi connectivity index (χ1v) is 6.40. The monoisotopic (exact) mass is 248 g/mol. The largest absolute Gasteiger partial charge is 0.508 e. The van der Waals surface area contributed by atoms with Crippen molar-refractivity contribution in [3.63, 3.8) is 0 Å². The molecule has 1 aromatic carbocycles. The molecule has 0 bridgehead atoms. The number of nitrogens with zero attached hydrogens (tertiary/aromatic N) is 1. The van der Waals surface area contributed by atoms with Gasteiger partial charge in [0, 0.05) is 18.7 Å². The van der Waals surface area contributed by atoms with E-state index in [-0.39, 0.29) is 11.7 Å². The Morgan fingerprint density at radius 2 is 2.11 bits per heavy atom. The van der Waals surface area contributed by atoms with Crippen molar-refractivity contribution in [2.75, 3.05) is 19.6 Å². The second-order valence-corrected chi connectivity index (χ2v) is 5.06. The quantitative estimate of drug-likeness (QED) is 0.832. The molecule has 1 aromatic rings. The van der Waals surface area contributed by atoms with Gasteiger partial charge >= 0.3 is 0 Å². The second kappa shape index (κ2) is 5.40. The summed E-state index contributed by atoms with van der Waals surface area (Å²) in [5.41, 5.74) is 6.37. The number of aromatic hydroxyl groups is 1. The Morgan fingerprint density at radius 3 is 2.72 bits per heavy atom. The highest BCUT2D eigenvalue weighted by atomic mass is 16.3. The van der Waals surface area contributed by atoms with Crippen LogP contribution in [-0.4, -0.2) is 35.5 Å². The van der Waals surface area contributed by atoms with Gasteiger partial charge in [-0.05, 0) is 49.1 Å². The van der Waals surface area contributed by atoms with Crippen LogP contribution in [0.25, 0.3) is 0 Å². The maximum atomic E-state index is 12.3. The van der Waals surface area contributed by atoms with E-state index in [1.807, 2.05) is 4.90 Å². The average molecular weight is 248 g/mol. The van der Waals surface area contributed by atoms with Gasteiger partial charge in [-0.1, -0.05) is 6.92 Å². The van der Waals surface area contributed by atoms with E-state index in [4.69, 9.17) is 5.73 Å². The smallest absolute Gasteiger partial charge is 0.253 e. The fourth-order valence-corrected chi connectivity index (χ4v) is 2.43. The van der Waals surface area contributed by atoms with Crippen LogP contribution in [0.1, 0.15) is 23.7 Å². The Balaban J connectivity index is 2.07. The van der Waals surface area contributed by atoms with E-state index in [0.717, 1.165) is 19.5 Å². The summed E-state index contributed by atoms with van der Waals surface area (Å²) >= 11 is 0. The molecule has 0 saturated carbocycles. The predicted octanol–water partition coefficient (Wildman–Crippen LogP) is 1.45. The Kier molecular flexibility index (Phi) is 3.87. The fraction of sp³-hybridized carbons (Fsp3) is 0.500. The van der Waals surface area contributed by atoms with Crippen molar-refractivity contribution in [1.29, 1.82) is 0 Å². The minimum Gasteiger partial charge on any atom is -0.508 e. The van der Waals surface area contributed by atoms with E-state index in [1.165, 1.54) is 0 Å². The third kappa shape index (κ3) is 2.64. The van der Waals surface area contributed by atoms with Gasteiger partial charge in [0.2, 0.25) is 0 Å². The van der Waals surface area contributed by atoms with Crippen LogP contribution in [0.3, 0.4) is 0 Å². The van der Waals surface area contributed by atoms with Gasteiger partial charge in [0.15, 0.2) is 0 Å². The Hall–Kier alpha value is -1.55. The number of benzene rings is 1. The van der Waals surface area contributed by atoms with E-state index in [2.05, 4.69) is 6.92 Å². The van der Waals surface area contributed by atoms with E-state index in [0.29, 0.717) is 23.9 Å². The Labute approximate surface area is 107 Å². The van der Waals surface area contributed by atoms with E-state index in [1.54, 1.807) is 24.3 Å². The number of amides is 1. The van der Waals surface area contributed by atoms with Gasteiger partial charge < -0.3 is 15.7 Å². The number of hydrogen-bond acceptors (Lipinski definition) is 3. The molecule has 4 heteroatoms. The molecule has 4 nitrogen and oxygen atoms in total. The molecular formula is C14H20N2O2. The zero-order valence-electron chi connectivity index (χ0n) is 10.7. The molecule has 3 N–H and O–H groups in total. The maximum absolute atomic E-state index is 12.3. The highest BCUT2D eigenvalue weighted by Crippen LogP contribution is 2.23. The number of rotatable bonds is 2. The lowest BCUT2D eigenvalue weighted by Gasteiger charge is -2.36. The van der Waals surface area contributed by atoms with Crippen molar-refractivity contribution >= 4 is 5.91 Å². The summed E-state index contributed by atoms with van der Waals surface area (Å²) in [5.74, 6) is 1.18. The molecule has 1 saturated heterocycles. The van der Waals surface area contributed by atoms with Crippen molar-refractivity contribution in [2.45, 2.75) is 13.3 Å². The lowest BCUT2D eigenvalue weighted by atomic mass is 9.87. The van der Waals surface area contributed by atoms with Gasteiger partial charge in [0.05, 0.1) is 0 Å². The minimum absolute atomic E-state index is 0.0281. The molecule has 2 atom stereocenters.